The van der Waals surface area contributed by atoms with Crippen molar-refractivity contribution in [3.05, 3.63) is 16.1 Å². The minimum Gasteiger partial charge on any atom is -0.465 e. The van der Waals surface area contributed by atoms with Crippen LogP contribution in [0.3, 0.4) is 0 Å². The van der Waals surface area contributed by atoms with Crippen molar-refractivity contribution in [1.82, 2.24) is 4.98 Å². The van der Waals surface area contributed by atoms with E-state index in [9.17, 15) is 4.79 Å². The van der Waals surface area contributed by atoms with Gasteiger partial charge in [0, 0.05) is 12.0 Å². The Morgan fingerprint density at radius 2 is 1.89 bits per heavy atom. The molecule has 0 N–H and O–H groups in total. The molecule has 0 atom stereocenters. The van der Waals surface area contributed by atoms with Crippen LogP contribution >= 0.6 is 11.3 Å². The summed E-state index contributed by atoms with van der Waals surface area (Å²) >= 11 is 1.51. The average Bonchev–Trinajstić information content (AvgIpc) is 2.79. The molecule has 0 bridgehead atoms. The largest absolute Gasteiger partial charge is 0.465 e. The van der Waals surface area contributed by atoms with E-state index >= 15 is 0 Å². The van der Waals surface area contributed by atoms with E-state index in [-0.39, 0.29) is 5.97 Å². The summed E-state index contributed by atoms with van der Waals surface area (Å²) < 4.78 is 10.8. The fraction of sp³-hybridized carbons (Fsp3) is 0.714. The zero-order chi connectivity index (χ0) is 14.7. The number of carbonyl (C=O) groups is 1. The lowest BCUT2D eigenvalue weighted by atomic mass is 9.90. The third kappa shape index (κ3) is 3.54. The summed E-state index contributed by atoms with van der Waals surface area (Å²) in [6, 6.07) is 0. The van der Waals surface area contributed by atoms with Crippen molar-refractivity contribution < 1.29 is 14.3 Å². The van der Waals surface area contributed by atoms with Crippen LogP contribution in [0.2, 0.25) is 0 Å². The molecule has 0 saturated carbocycles. The predicted molar refractivity (Wildman–Crippen MR) is 76.4 cm³/mol. The molecule has 0 aliphatic carbocycles. The summed E-state index contributed by atoms with van der Waals surface area (Å²) in [4.78, 5) is 16.5. The molecule has 0 aliphatic heterocycles. The number of rotatable bonds is 6. The SMILES string of the molecule is CCOC(=O)C(C)(C)c1csc(C(C)(C)OCC)n1. The Morgan fingerprint density at radius 1 is 1.26 bits per heavy atom. The zero-order valence-corrected chi connectivity index (χ0v) is 13.4. The Bertz CT molecular complexity index is 438. The Morgan fingerprint density at radius 3 is 2.42 bits per heavy atom. The van der Waals surface area contributed by atoms with Gasteiger partial charge in [0.1, 0.15) is 16.0 Å². The van der Waals surface area contributed by atoms with Gasteiger partial charge in [-0.3, -0.25) is 4.79 Å². The van der Waals surface area contributed by atoms with Gasteiger partial charge >= 0.3 is 5.97 Å². The molecule has 19 heavy (non-hydrogen) atoms. The molecule has 0 radical (unpaired) electrons. The summed E-state index contributed by atoms with van der Waals surface area (Å²) in [6.07, 6.45) is 0. The van der Waals surface area contributed by atoms with Crippen molar-refractivity contribution >= 4 is 17.3 Å². The van der Waals surface area contributed by atoms with Crippen molar-refractivity contribution in [2.75, 3.05) is 13.2 Å². The summed E-state index contributed by atoms with van der Waals surface area (Å²) in [5.74, 6) is -0.249. The molecule has 5 heteroatoms. The van der Waals surface area contributed by atoms with Gasteiger partial charge in [0.2, 0.25) is 0 Å². The highest BCUT2D eigenvalue weighted by molar-refractivity contribution is 7.09. The van der Waals surface area contributed by atoms with E-state index in [0.29, 0.717) is 13.2 Å². The summed E-state index contributed by atoms with van der Waals surface area (Å²) in [7, 11) is 0. The zero-order valence-electron chi connectivity index (χ0n) is 12.6. The fourth-order valence-electron chi connectivity index (χ4n) is 1.68. The van der Waals surface area contributed by atoms with E-state index in [2.05, 4.69) is 4.98 Å². The average molecular weight is 285 g/mol. The first kappa shape index (κ1) is 16.1. The second-order valence-corrected chi connectivity index (χ2v) is 6.18. The van der Waals surface area contributed by atoms with Crippen LogP contribution in [0.1, 0.15) is 52.2 Å². The van der Waals surface area contributed by atoms with Crippen molar-refractivity contribution in [2.45, 2.75) is 52.6 Å². The molecule has 0 amide bonds. The number of carbonyl (C=O) groups excluding carboxylic acids is 1. The quantitative estimate of drug-likeness (QED) is 0.753. The molecular weight excluding hydrogens is 262 g/mol. The van der Waals surface area contributed by atoms with Crippen molar-refractivity contribution in [3.63, 3.8) is 0 Å². The molecule has 4 nitrogen and oxygen atoms in total. The number of aromatic nitrogens is 1. The molecule has 0 aliphatic rings. The summed E-state index contributed by atoms with van der Waals surface area (Å²) in [6.45, 7) is 12.4. The van der Waals surface area contributed by atoms with Gasteiger partial charge in [0.25, 0.3) is 0 Å². The van der Waals surface area contributed by atoms with Crippen LogP contribution in [0.15, 0.2) is 5.38 Å². The molecule has 0 spiro atoms. The van der Waals surface area contributed by atoms with Crippen LogP contribution in [0, 0.1) is 0 Å². The van der Waals surface area contributed by atoms with Crippen LogP contribution in [-0.4, -0.2) is 24.2 Å². The molecule has 0 saturated heterocycles. The maximum Gasteiger partial charge on any atom is 0.317 e. The minimum absolute atomic E-state index is 0.249. The monoisotopic (exact) mass is 285 g/mol. The fourth-order valence-corrected chi connectivity index (χ4v) is 2.74. The topological polar surface area (TPSA) is 48.4 Å². The molecule has 0 aromatic carbocycles. The van der Waals surface area contributed by atoms with E-state index in [0.717, 1.165) is 10.7 Å². The number of thiazole rings is 1. The van der Waals surface area contributed by atoms with Crippen molar-refractivity contribution in [1.29, 1.82) is 0 Å². The summed E-state index contributed by atoms with van der Waals surface area (Å²) in [5.41, 5.74) is -0.422. The predicted octanol–water partition coefficient (Wildman–Crippen LogP) is 3.26. The Labute approximate surface area is 119 Å². The van der Waals surface area contributed by atoms with Gasteiger partial charge in [-0.25, -0.2) is 4.98 Å². The number of hydrogen-bond acceptors (Lipinski definition) is 5. The number of nitrogens with zero attached hydrogens (tertiary/aromatic N) is 1. The normalized spacial score (nSPS) is 12.5. The Kier molecular flexibility index (Phi) is 5.10. The maximum absolute atomic E-state index is 12.0. The molecule has 1 rings (SSSR count). The van der Waals surface area contributed by atoms with Gasteiger partial charge in [-0.1, -0.05) is 0 Å². The number of hydrogen-bond donors (Lipinski definition) is 0. The first-order valence-electron chi connectivity index (χ1n) is 6.53. The Balaban J connectivity index is 2.99. The van der Waals surface area contributed by atoms with Gasteiger partial charge in [-0.15, -0.1) is 11.3 Å². The van der Waals surface area contributed by atoms with E-state index in [1.54, 1.807) is 6.92 Å². The van der Waals surface area contributed by atoms with E-state index in [1.807, 2.05) is 40.0 Å². The molecule has 1 heterocycles. The minimum atomic E-state index is -0.729. The van der Waals surface area contributed by atoms with Gasteiger partial charge < -0.3 is 9.47 Å². The molecule has 1 aromatic rings. The van der Waals surface area contributed by atoms with E-state index in [4.69, 9.17) is 9.47 Å². The lowest BCUT2D eigenvalue weighted by Crippen LogP contribution is -2.32. The number of esters is 1. The smallest absolute Gasteiger partial charge is 0.317 e. The maximum atomic E-state index is 12.0. The lowest BCUT2D eigenvalue weighted by molar-refractivity contribution is -0.148. The van der Waals surface area contributed by atoms with Crippen LogP contribution in [0.4, 0.5) is 0 Å². The van der Waals surface area contributed by atoms with Gasteiger partial charge in [0.15, 0.2) is 0 Å². The van der Waals surface area contributed by atoms with Crippen molar-refractivity contribution in [3.8, 4) is 0 Å². The third-order valence-corrected chi connectivity index (χ3v) is 4.10. The highest BCUT2D eigenvalue weighted by Crippen LogP contribution is 2.32. The van der Waals surface area contributed by atoms with Gasteiger partial charge in [-0.05, 0) is 41.5 Å². The molecule has 108 valence electrons. The third-order valence-electron chi connectivity index (χ3n) is 2.95. The van der Waals surface area contributed by atoms with Crippen LogP contribution in [0.25, 0.3) is 0 Å². The van der Waals surface area contributed by atoms with Gasteiger partial charge in [0.05, 0.1) is 12.3 Å². The van der Waals surface area contributed by atoms with Crippen LogP contribution < -0.4 is 0 Å². The highest BCUT2D eigenvalue weighted by atomic mass is 32.1. The second kappa shape index (κ2) is 6.01. The van der Waals surface area contributed by atoms with Crippen LogP contribution in [0.5, 0.6) is 0 Å². The summed E-state index contributed by atoms with van der Waals surface area (Å²) in [5, 5.41) is 2.79. The van der Waals surface area contributed by atoms with Crippen LogP contribution in [-0.2, 0) is 25.3 Å². The van der Waals surface area contributed by atoms with E-state index < -0.39 is 11.0 Å². The van der Waals surface area contributed by atoms with E-state index in [1.165, 1.54) is 11.3 Å². The first-order valence-corrected chi connectivity index (χ1v) is 7.41. The van der Waals surface area contributed by atoms with Gasteiger partial charge in [-0.2, -0.15) is 0 Å². The molecular formula is C14H23NO3S. The molecule has 0 unspecified atom stereocenters. The second-order valence-electron chi connectivity index (χ2n) is 5.33. The standard InChI is InChI=1S/C14H23NO3S/c1-7-17-12(16)13(3,4)10-9-19-11(15-10)14(5,6)18-8-2/h9H,7-8H2,1-6H3. The Hall–Kier alpha value is -0.940. The highest BCUT2D eigenvalue weighted by Gasteiger charge is 2.35. The molecule has 0 fully saturated rings. The number of ether oxygens (including phenoxy) is 2. The molecule has 1 aromatic heterocycles. The van der Waals surface area contributed by atoms with Crippen molar-refractivity contribution in [2.24, 2.45) is 0 Å². The first-order chi connectivity index (χ1) is 8.75. The lowest BCUT2D eigenvalue weighted by Gasteiger charge is -2.23.